The van der Waals surface area contributed by atoms with Gasteiger partial charge in [0.15, 0.2) is 0 Å². The molecule has 0 radical (unpaired) electrons. The van der Waals surface area contributed by atoms with Gasteiger partial charge in [0.25, 0.3) is 5.82 Å². The molecule has 3 N–H and O–H groups in total. The molecule has 20 heavy (non-hydrogen) atoms. The molecule has 2 aromatic rings. The van der Waals surface area contributed by atoms with E-state index in [0.29, 0.717) is 18.1 Å². The van der Waals surface area contributed by atoms with Gasteiger partial charge in [-0.3, -0.25) is 0 Å². The van der Waals surface area contributed by atoms with Crippen LogP contribution in [0.5, 0.6) is 0 Å². The highest BCUT2D eigenvalue weighted by atomic mass is 35.5. The molecular weight excluding hydrogens is 298 g/mol. The zero-order valence-corrected chi connectivity index (χ0v) is 12.4. The van der Waals surface area contributed by atoms with Gasteiger partial charge in [-0.25, -0.2) is 4.57 Å². The molecule has 0 atom stereocenters. The van der Waals surface area contributed by atoms with Crippen molar-refractivity contribution in [1.82, 2.24) is 0 Å². The zero-order valence-electron chi connectivity index (χ0n) is 10.9. The standard InChI is InChI=1S/C13H14ClN3O2S/c1-2-17-8-4-3-5-13(17)16-20(18,19)10-6-7-12(15)11(14)9-10/h3-9H,2,15H2,1H3/p+1. The average Bonchev–Trinajstić information content (AvgIpc) is 2.42. The molecule has 0 saturated carbocycles. The molecule has 106 valence electrons. The molecule has 0 bridgehead atoms. The van der Waals surface area contributed by atoms with Crippen molar-refractivity contribution in [3.05, 3.63) is 47.6 Å². The summed E-state index contributed by atoms with van der Waals surface area (Å²) in [5.74, 6) is 0.489. The van der Waals surface area contributed by atoms with Crippen LogP contribution < -0.4 is 15.0 Å². The van der Waals surface area contributed by atoms with Crippen LogP contribution in [-0.2, 0) is 16.6 Å². The number of hydrogen-bond donors (Lipinski definition) is 2. The Morgan fingerprint density at radius 3 is 2.70 bits per heavy atom. The van der Waals surface area contributed by atoms with Crippen LogP contribution in [0.1, 0.15) is 6.92 Å². The fourth-order valence-electron chi connectivity index (χ4n) is 1.72. The van der Waals surface area contributed by atoms with Gasteiger partial charge in [0.05, 0.1) is 23.5 Å². The van der Waals surface area contributed by atoms with Gasteiger partial charge in [0.1, 0.15) is 4.90 Å². The van der Waals surface area contributed by atoms with E-state index in [-0.39, 0.29) is 9.92 Å². The highest BCUT2D eigenvalue weighted by Crippen LogP contribution is 2.23. The number of aryl methyl sites for hydroxylation is 1. The van der Waals surface area contributed by atoms with Crippen molar-refractivity contribution in [1.29, 1.82) is 0 Å². The van der Waals surface area contributed by atoms with E-state index < -0.39 is 10.0 Å². The van der Waals surface area contributed by atoms with Crippen molar-refractivity contribution >= 4 is 33.1 Å². The molecular formula is C13H15ClN3O2S+. The lowest BCUT2D eigenvalue weighted by molar-refractivity contribution is -0.679. The number of nitrogen functional groups attached to an aromatic ring is 1. The van der Waals surface area contributed by atoms with E-state index >= 15 is 0 Å². The maximum atomic E-state index is 12.3. The number of pyridine rings is 1. The maximum absolute atomic E-state index is 12.3. The first-order valence-corrected chi connectivity index (χ1v) is 7.86. The molecule has 1 aromatic carbocycles. The summed E-state index contributed by atoms with van der Waals surface area (Å²) in [4.78, 5) is 0.0724. The quantitative estimate of drug-likeness (QED) is 0.670. The summed E-state index contributed by atoms with van der Waals surface area (Å²) in [6.07, 6.45) is 1.80. The van der Waals surface area contributed by atoms with Crippen molar-refractivity contribution in [2.75, 3.05) is 10.5 Å². The van der Waals surface area contributed by atoms with Gasteiger partial charge in [-0.05, 0) is 31.2 Å². The number of hydrogen-bond acceptors (Lipinski definition) is 3. The van der Waals surface area contributed by atoms with E-state index in [1.54, 1.807) is 22.9 Å². The SMILES string of the molecule is CC[n+]1ccccc1NS(=O)(=O)c1ccc(N)c(Cl)c1. The molecule has 2 rings (SSSR count). The van der Waals surface area contributed by atoms with Crippen LogP contribution in [0.15, 0.2) is 47.5 Å². The molecule has 0 aliphatic carbocycles. The fourth-order valence-corrected chi connectivity index (χ4v) is 3.06. The normalized spacial score (nSPS) is 11.3. The third-order valence-electron chi connectivity index (χ3n) is 2.80. The number of nitrogens with two attached hydrogens (primary N) is 1. The second kappa shape index (κ2) is 5.68. The Morgan fingerprint density at radius 2 is 2.05 bits per heavy atom. The van der Waals surface area contributed by atoms with E-state index in [9.17, 15) is 8.42 Å². The molecule has 1 heterocycles. The van der Waals surface area contributed by atoms with E-state index in [0.717, 1.165) is 0 Å². The predicted octanol–water partition coefficient (Wildman–Crippen LogP) is 2.03. The molecule has 0 saturated heterocycles. The van der Waals surface area contributed by atoms with Crippen LogP contribution in [-0.4, -0.2) is 8.42 Å². The molecule has 0 amide bonds. The molecule has 0 fully saturated rings. The average molecular weight is 313 g/mol. The Bertz CT molecular complexity index is 732. The minimum Gasteiger partial charge on any atom is -0.398 e. The Morgan fingerprint density at radius 1 is 1.30 bits per heavy atom. The second-order valence-corrected chi connectivity index (χ2v) is 6.25. The van der Waals surface area contributed by atoms with E-state index in [2.05, 4.69) is 4.72 Å². The first kappa shape index (κ1) is 14.6. The number of aromatic nitrogens is 1. The number of anilines is 2. The molecule has 5 nitrogen and oxygen atoms in total. The van der Waals surface area contributed by atoms with Gasteiger partial charge in [-0.1, -0.05) is 17.7 Å². The topological polar surface area (TPSA) is 76.1 Å². The lowest BCUT2D eigenvalue weighted by atomic mass is 10.3. The van der Waals surface area contributed by atoms with Gasteiger partial charge >= 0.3 is 10.0 Å². The van der Waals surface area contributed by atoms with Crippen molar-refractivity contribution in [2.45, 2.75) is 18.4 Å². The lowest BCUT2D eigenvalue weighted by Crippen LogP contribution is -2.36. The summed E-state index contributed by atoms with van der Waals surface area (Å²) in [5.41, 5.74) is 5.92. The monoisotopic (exact) mass is 312 g/mol. The van der Waals surface area contributed by atoms with Crippen LogP contribution in [0.3, 0.4) is 0 Å². The van der Waals surface area contributed by atoms with Gasteiger partial charge in [-0.15, -0.1) is 0 Å². The van der Waals surface area contributed by atoms with Crippen molar-refractivity contribution in [3.63, 3.8) is 0 Å². The van der Waals surface area contributed by atoms with Crippen molar-refractivity contribution < 1.29 is 13.0 Å². The minimum atomic E-state index is -3.70. The van der Waals surface area contributed by atoms with E-state index in [4.69, 9.17) is 17.3 Å². The Kier molecular flexibility index (Phi) is 4.15. The highest BCUT2D eigenvalue weighted by molar-refractivity contribution is 7.92. The summed E-state index contributed by atoms with van der Waals surface area (Å²) in [5, 5.41) is 0.212. The summed E-state index contributed by atoms with van der Waals surface area (Å²) in [7, 11) is -3.70. The largest absolute Gasteiger partial charge is 0.398 e. The number of nitrogens with one attached hydrogen (secondary N) is 1. The fraction of sp³-hybridized carbons (Fsp3) is 0.154. The Labute approximate surface area is 123 Å². The second-order valence-electron chi connectivity index (χ2n) is 4.16. The summed E-state index contributed by atoms with van der Waals surface area (Å²) >= 11 is 5.86. The van der Waals surface area contributed by atoms with Crippen LogP contribution in [0.2, 0.25) is 5.02 Å². The number of benzene rings is 1. The molecule has 7 heteroatoms. The molecule has 0 unspecified atom stereocenters. The zero-order chi connectivity index (χ0) is 14.8. The smallest absolute Gasteiger partial charge is 0.328 e. The Balaban J connectivity index is 2.38. The van der Waals surface area contributed by atoms with E-state index in [1.807, 2.05) is 13.0 Å². The summed E-state index contributed by atoms with van der Waals surface area (Å²) in [6, 6.07) is 9.51. The number of rotatable bonds is 4. The van der Waals surface area contributed by atoms with Crippen molar-refractivity contribution in [2.24, 2.45) is 0 Å². The van der Waals surface area contributed by atoms with Crippen LogP contribution in [0.4, 0.5) is 11.5 Å². The van der Waals surface area contributed by atoms with Gasteiger partial charge < -0.3 is 5.73 Å². The van der Waals surface area contributed by atoms with Crippen molar-refractivity contribution in [3.8, 4) is 0 Å². The van der Waals surface area contributed by atoms with E-state index in [1.165, 1.54) is 18.2 Å². The first-order chi connectivity index (χ1) is 9.44. The van der Waals surface area contributed by atoms with Crippen LogP contribution in [0.25, 0.3) is 0 Å². The van der Waals surface area contributed by atoms with Gasteiger partial charge in [-0.2, -0.15) is 13.1 Å². The molecule has 1 aromatic heterocycles. The molecule has 0 aliphatic rings. The lowest BCUT2D eigenvalue weighted by Gasteiger charge is -2.06. The number of halogens is 1. The number of sulfonamides is 1. The maximum Gasteiger partial charge on any atom is 0.328 e. The van der Waals surface area contributed by atoms with Gasteiger partial charge in [0, 0.05) is 6.07 Å². The number of nitrogens with zero attached hydrogens (tertiary/aromatic N) is 1. The van der Waals surface area contributed by atoms with Crippen LogP contribution >= 0.6 is 11.6 Å². The predicted molar refractivity (Wildman–Crippen MR) is 79.0 cm³/mol. The molecule has 0 spiro atoms. The third-order valence-corrected chi connectivity index (χ3v) is 4.48. The summed E-state index contributed by atoms with van der Waals surface area (Å²) in [6.45, 7) is 2.58. The van der Waals surface area contributed by atoms with Gasteiger partial charge in [0.2, 0.25) is 0 Å². The highest BCUT2D eigenvalue weighted by Gasteiger charge is 2.22. The minimum absolute atomic E-state index is 0.0724. The Hall–Kier alpha value is -1.79. The molecule has 0 aliphatic heterocycles. The first-order valence-electron chi connectivity index (χ1n) is 6.00. The summed E-state index contributed by atoms with van der Waals surface area (Å²) < 4.78 is 28.9. The van der Waals surface area contributed by atoms with Crippen LogP contribution in [0, 0.1) is 0 Å². The third kappa shape index (κ3) is 3.02.